The lowest BCUT2D eigenvalue weighted by Gasteiger charge is -2.14. The zero-order chi connectivity index (χ0) is 16.2. The van der Waals surface area contributed by atoms with Crippen molar-refractivity contribution in [1.82, 2.24) is 25.5 Å². The van der Waals surface area contributed by atoms with Crippen molar-refractivity contribution in [2.75, 3.05) is 0 Å². The maximum absolute atomic E-state index is 12.3. The quantitative estimate of drug-likeness (QED) is 0.799. The molecule has 6 nitrogen and oxygen atoms in total. The average molecular weight is 328 g/mol. The summed E-state index contributed by atoms with van der Waals surface area (Å²) in [4.78, 5) is 12.3. The minimum absolute atomic E-state index is 0.112. The SMILES string of the molecule is C[C@@H](NC(=O)c1ccc(-n2cnnn2)cc1)c1ccc(Cl)cc1. The first kappa shape index (κ1) is 15.2. The van der Waals surface area contributed by atoms with Crippen LogP contribution in [0.2, 0.25) is 5.02 Å². The lowest BCUT2D eigenvalue weighted by Crippen LogP contribution is -2.26. The highest BCUT2D eigenvalue weighted by Crippen LogP contribution is 2.17. The van der Waals surface area contributed by atoms with Gasteiger partial charge in [0.25, 0.3) is 5.91 Å². The predicted molar refractivity (Wildman–Crippen MR) is 86.5 cm³/mol. The summed E-state index contributed by atoms with van der Waals surface area (Å²) in [7, 11) is 0. The van der Waals surface area contributed by atoms with E-state index in [4.69, 9.17) is 11.6 Å². The summed E-state index contributed by atoms with van der Waals surface area (Å²) in [6.45, 7) is 1.93. The van der Waals surface area contributed by atoms with Gasteiger partial charge in [0.05, 0.1) is 11.7 Å². The molecule has 0 spiro atoms. The van der Waals surface area contributed by atoms with Crippen molar-refractivity contribution < 1.29 is 4.79 Å². The summed E-state index contributed by atoms with van der Waals surface area (Å²) in [6, 6.07) is 14.3. The van der Waals surface area contributed by atoms with Crippen LogP contribution in [0.25, 0.3) is 5.69 Å². The second-order valence-corrected chi connectivity index (χ2v) is 5.48. The maximum Gasteiger partial charge on any atom is 0.251 e. The van der Waals surface area contributed by atoms with E-state index < -0.39 is 0 Å². The molecule has 0 radical (unpaired) electrons. The fourth-order valence-electron chi connectivity index (χ4n) is 2.16. The molecular formula is C16H14ClN5O. The molecule has 116 valence electrons. The molecule has 0 aliphatic rings. The van der Waals surface area contributed by atoms with Crippen molar-refractivity contribution in [2.45, 2.75) is 13.0 Å². The molecule has 0 saturated heterocycles. The highest BCUT2D eigenvalue weighted by atomic mass is 35.5. The standard InChI is InChI=1S/C16H14ClN5O/c1-11(12-2-6-14(17)7-3-12)19-16(23)13-4-8-15(9-5-13)22-10-18-20-21-22/h2-11H,1H3,(H,19,23)/t11-/m1/s1. The Morgan fingerprint density at radius 2 is 1.83 bits per heavy atom. The van der Waals surface area contributed by atoms with Crippen LogP contribution in [0.3, 0.4) is 0 Å². The number of carbonyl (C=O) groups excluding carboxylic acids is 1. The first-order chi connectivity index (χ1) is 11.1. The first-order valence-corrected chi connectivity index (χ1v) is 7.41. The molecule has 2 aromatic carbocycles. The number of rotatable bonds is 4. The third-order valence-electron chi connectivity index (χ3n) is 3.46. The number of nitrogens with one attached hydrogen (secondary N) is 1. The molecule has 1 heterocycles. The Morgan fingerprint density at radius 3 is 2.43 bits per heavy atom. The summed E-state index contributed by atoms with van der Waals surface area (Å²) in [5, 5.41) is 14.6. The van der Waals surface area contributed by atoms with Gasteiger partial charge in [-0.25, -0.2) is 4.68 Å². The predicted octanol–water partition coefficient (Wildman–Crippen LogP) is 2.81. The zero-order valence-electron chi connectivity index (χ0n) is 12.3. The van der Waals surface area contributed by atoms with E-state index in [1.807, 2.05) is 19.1 Å². The molecule has 0 aliphatic heterocycles. The Labute approximate surface area is 138 Å². The lowest BCUT2D eigenvalue weighted by atomic mass is 10.1. The normalized spacial score (nSPS) is 11.9. The molecule has 0 saturated carbocycles. The van der Waals surface area contributed by atoms with Crippen molar-refractivity contribution in [3.8, 4) is 5.69 Å². The van der Waals surface area contributed by atoms with Crippen LogP contribution >= 0.6 is 11.6 Å². The fourth-order valence-corrected chi connectivity index (χ4v) is 2.29. The average Bonchev–Trinajstić information content (AvgIpc) is 3.10. The third-order valence-corrected chi connectivity index (χ3v) is 3.71. The van der Waals surface area contributed by atoms with Gasteiger partial charge < -0.3 is 5.32 Å². The van der Waals surface area contributed by atoms with Crippen LogP contribution < -0.4 is 5.32 Å². The Kier molecular flexibility index (Phi) is 4.34. The van der Waals surface area contributed by atoms with Gasteiger partial charge in [-0.3, -0.25) is 4.79 Å². The van der Waals surface area contributed by atoms with Gasteiger partial charge >= 0.3 is 0 Å². The van der Waals surface area contributed by atoms with E-state index in [0.29, 0.717) is 10.6 Å². The van der Waals surface area contributed by atoms with Crippen LogP contribution in [-0.2, 0) is 0 Å². The highest BCUT2D eigenvalue weighted by Gasteiger charge is 2.11. The summed E-state index contributed by atoms with van der Waals surface area (Å²) >= 11 is 5.87. The van der Waals surface area contributed by atoms with Crippen LogP contribution in [0.5, 0.6) is 0 Å². The molecule has 1 N–H and O–H groups in total. The number of hydrogen-bond acceptors (Lipinski definition) is 4. The van der Waals surface area contributed by atoms with Gasteiger partial charge in [0.15, 0.2) is 0 Å². The molecule has 1 atom stereocenters. The van der Waals surface area contributed by atoms with E-state index in [9.17, 15) is 4.79 Å². The Balaban J connectivity index is 1.69. The van der Waals surface area contributed by atoms with Crippen LogP contribution in [-0.4, -0.2) is 26.1 Å². The molecule has 3 aromatic rings. The Hall–Kier alpha value is -2.73. The summed E-state index contributed by atoms with van der Waals surface area (Å²) < 4.78 is 1.53. The van der Waals surface area contributed by atoms with E-state index in [-0.39, 0.29) is 11.9 Å². The number of aromatic nitrogens is 4. The lowest BCUT2D eigenvalue weighted by molar-refractivity contribution is 0.0940. The molecule has 23 heavy (non-hydrogen) atoms. The zero-order valence-corrected chi connectivity index (χ0v) is 13.1. The number of benzene rings is 2. The van der Waals surface area contributed by atoms with Crippen molar-refractivity contribution in [3.05, 3.63) is 71.0 Å². The van der Waals surface area contributed by atoms with Gasteiger partial charge in [-0.1, -0.05) is 23.7 Å². The molecule has 3 rings (SSSR count). The van der Waals surface area contributed by atoms with E-state index in [1.54, 1.807) is 36.4 Å². The van der Waals surface area contributed by atoms with Gasteiger partial charge in [0.2, 0.25) is 0 Å². The number of amides is 1. The van der Waals surface area contributed by atoms with Crippen LogP contribution in [0.1, 0.15) is 28.9 Å². The first-order valence-electron chi connectivity index (χ1n) is 7.03. The smallest absolute Gasteiger partial charge is 0.251 e. The minimum atomic E-state index is -0.143. The van der Waals surface area contributed by atoms with E-state index in [1.165, 1.54) is 11.0 Å². The second-order valence-electron chi connectivity index (χ2n) is 5.05. The van der Waals surface area contributed by atoms with Crippen LogP contribution in [0, 0.1) is 0 Å². The number of hydrogen-bond donors (Lipinski definition) is 1. The molecule has 0 bridgehead atoms. The number of halogens is 1. The number of tetrazole rings is 1. The third kappa shape index (κ3) is 3.54. The van der Waals surface area contributed by atoms with Crippen LogP contribution in [0.15, 0.2) is 54.9 Å². The molecule has 0 unspecified atom stereocenters. The van der Waals surface area contributed by atoms with Crippen molar-refractivity contribution in [2.24, 2.45) is 0 Å². The number of nitrogens with zero attached hydrogens (tertiary/aromatic N) is 4. The van der Waals surface area contributed by atoms with Crippen molar-refractivity contribution in [1.29, 1.82) is 0 Å². The number of carbonyl (C=O) groups is 1. The van der Waals surface area contributed by atoms with Gasteiger partial charge in [-0.05, 0) is 59.3 Å². The Morgan fingerprint density at radius 1 is 1.13 bits per heavy atom. The topological polar surface area (TPSA) is 72.7 Å². The largest absolute Gasteiger partial charge is 0.346 e. The molecule has 1 aromatic heterocycles. The van der Waals surface area contributed by atoms with Gasteiger partial charge in [-0.15, -0.1) is 5.10 Å². The monoisotopic (exact) mass is 327 g/mol. The van der Waals surface area contributed by atoms with Gasteiger partial charge in [0, 0.05) is 10.6 Å². The van der Waals surface area contributed by atoms with Crippen molar-refractivity contribution in [3.63, 3.8) is 0 Å². The van der Waals surface area contributed by atoms with Gasteiger partial charge in [0.1, 0.15) is 6.33 Å². The fraction of sp³-hybridized carbons (Fsp3) is 0.125. The second kappa shape index (κ2) is 6.58. The summed E-state index contributed by atoms with van der Waals surface area (Å²) in [5.41, 5.74) is 2.35. The Bertz CT molecular complexity index is 784. The molecule has 7 heteroatoms. The van der Waals surface area contributed by atoms with E-state index in [0.717, 1.165) is 11.3 Å². The summed E-state index contributed by atoms with van der Waals surface area (Å²) in [6.07, 6.45) is 1.50. The molecule has 0 fully saturated rings. The molecular weight excluding hydrogens is 314 g/mol. The van der Waals surface area contributed by atoms with Crippen LogP contribution in [0.4, 0.5) is 0 Å². The minimum Gasteiger partial charge on any atom is -0.346 e. The molecule has 1 amide bonds. The molecule has 0 aliphatic carbocycles. The van der Waals surface area contributed by atoms with Gasteiger partial charge in [-0.2, -0.15) is 0 Å². The summed E-state index contributed by atoms with van der Waals surface area (Å²) in [5.74, 6) is -0.143. The van der Waals surface area contributed by atoms with E-state index in [2.05, 4.69) is 20.8 Å². The van der Waals surface area contributed by atoms with Crippen molar-refractivity contribution >= 4 is 17.5 Å². The van der Waals surface area contributed by atoms with E-state index >= 15 is 0 Å². The highest BCUT2D eigenvalue weighted by molar-refractivity contribution is 6.30. The maximum atomic E-state index is 12.3.